The number of aliphatic carboxylic acids is 3. The Morgan fingerprint density at radius 3 is 1.78 bits per heavy atom. The number of carbonyl (C=O) groups is 10. The molecular weight excluding hydrogens is 883 g/mol. The maximum Gasteiger partial charge on any atom is 0.326 e. The zero-order chi connectivity index (χ0) is 50.5. The highest BCUT2D eigenvalue weighted by molar-refractivity contribution is 5.98. The minimum atomic E-state index is -1.67. The fourth-order valence-corrected chi connectivity index (χ4v) is 7.13. The van der Waals surface area contributed by atoms with Crippen molar-refractivity contribution >= 4 is 59.3 Å². The van der Waals surface area contributed by atoms with Crippen LogP contribution in [-0.2, 0) is 54.4 Å². The number of amides is 7. The lowest BCUT2D eigenvalue weighted by molar-refractivity contribution is -0.145. The van der Waals surface area contributed by atoms with Crippen LogP contribution in [0.1, 0.15) is 105 Å². The van der Waals surface area contributed by atoms with E-state index in [1.54, 1.807) is 27.7 Å². The molecule has 0 aromatic carbocycles. The van der Waals surface area contributed by atoms with Gasteiger partial charge >= 0.3 is 17.9 Å². The van der Waals surface area contributed by atoms with Gasteiger partial charge in [-0.05, 0) is 76.7 Å². The second-order valence-electron chi connectivity index (χ2n) is 17.4. The minimum absolute atomic E-state index is 0.0242. The number of aromatic nitrogens is 2. The summed E-state index contributed by atoms with van der Waals surface area (Å²) in [6.45, 7) is 8.45. The van der Waals surface area contributed by atoms with Gasteiger partial charge in [-0.1, -0.05) is 27.7 Å². The quantitative estimate of drug-likeness (QED) is 0.0347. The molecule has 0 unspecified atom stereocenters. The highest BCUT2D eigenvalue weighted by Gasteiger charge is 2.42. The second kappa shape index (κ2) is 28.1. The van der Waals surface area contributed by atoms with E-state index in [9.17, 15) is 68.4 Å². The molecule has 1 aromatic heterocycles. The van der Waals surface area contributed by atoms with Crippen LogP contribution in [0.5, 0.6) is 0 Å². The molecule has 0 spiro atoms. The zero-order valence-corrected chi connectivity index (χ0v) is 38.6. The first-order valence-corrected chi connectivity index (χ1v) is 22.4. The van der Waals surface area contributed by atoms with Crippen molar-refractivity contribution in [2.75, 3.05) is 13.1 Å². The normalized spacial score (nSPS) is 17.2. The summed E-state index contributed by atoms with van der Waals surface area (Å²) < 4.78 is 0. The first-order chi connectivity index (χ1) is 31.5. The number of hydrogen-bond donors (Lipinski definition) is 13. The number of nitrogens with one attached hydrogen (secondary N) is 7. The molecule has 2 rings (SSSR count). The van der Waals surface area contributed by atoms with Crippen LogP contribution in [0.25, 0.3) is 0 Å². The number of hydrogen-bond acceptors (Lipinski definition) is 14. The summed E-state index contributed by atoms with van der Waals surface area (Å²) in [7, 11) is 0. The number of nitrogens with two attached hydrogens (primary N) is 2. The summed E-state index contributed by atoms with van der Waals surface area (Å²) in [5.74, 6) is -10.8. The highest BCUT2D eigenvalue weighted by atomic mass is 16.4. The van der Waals surface area contributed by atoms with E-state index < -0.39 is 139 Å². The maximum atomic E-state index is 14.1. The Hall–Kier alpha value is -6.21. The van der Waals surface area contributed by atoms with Crippen molar-refractivity contribution in [2.24, 2.45) is 23.3 Å². The molecular formula is C42H69N11O14. The van der Waals surface area contributed by atoms with Crippen molar-refractivity contribution in [1.82, 2.24) is 46.8 Å². The fourth-order valence-electron chi connectivity index (χ4n) is 7.13. The van der Waals surface area contributed by atoms with Crippen molar-refractivity contribution in [2.45, 2.75) is 160 Å². The first kappa shape index (κ1) is 56.9. The molecule has 1 saturated heterocycles. The number of imidazole rings is 1. The van der Waals surface area contributed by atoms with E-state index in [-0.39, 0.29) is 57.0 Å². The number of carboxylic acid groups (broad SMARTS) is 3. The SMILES string of the molecule is CC(C)C[C@H](NC(=O)[C@H](Cc1c[nH]cn1)NC(=O)[C@@H](N)C(C)C)C(=O)N[C@H](C(=O)N1CCC[C@H]1C(=O)N[C@@H](CCC(=O)O)C(=O)N[C@@H](CCC(=O)O)C(=O)N[C@@H](CCCCN)C(=O)O)[C@@H](C)O. The number of carboxylic acids is 3. The third kappa shape index (κ3) is 19.3. The molecule has 0 aliphatic carbocycles. The number of rotatable bonds is 30. The van der Waals surface area contributed by atoms with Gasteiger partial charge in [0.2, 0.25) is 41.4 Å². The number of likely N-dealkylation sites (tertiary alicyclic amines) is 1. The van der Waals surface area contributed by atoms with Crippen molar-refractivity contribution in [3.63, 3.8) is 0 Å². The molecule has 9 atom stereocenters. The Balaban J connectivity index is 2.33. The topological polar surface area (TPSA) is 408 Å². The summed E-state index contributed by atoms with van der Waals surface area (Å²) >= 11 is 0. The van der Waals surface area contributed by atoms with Gasteiger partial charge in [0.15, 0.2) is 0 Å². The van der Waals surface area contributed by atoms with Crippen molar-refractivity contribution < 1.29 is 68.4 Å². The van der Waals surface area contributed by atoms with Crippen LogP contribution in [-0.4, -0.2) is 162 Å². The van der Waals surface area contributed by atoms with E-state index in [2.05, 4.69) is 41.9 Å². The molecule has 25 heteroatoms. The molecule has 67 heavy (non-hydrogen) atoms. The summed E-state index contributed by atoms with van der Waals surface area (Å²) in [5, 5.41) is 54.0. The summed E-state index contributed by atoms with van der Waals surface area (Å²) in [6, 6.07) is -11.1. The van der Waals surface area contributed by atoms with E-state index in [1.807, 2.05) is 0 Å². The lowest BCUT2D eigenvalue weighted by atomic mass is 10.0. The van der Waals surface area contributed by atoms with Crippen LogP contribution in [0, 0.1) is 11.8 Å². The lowest BCUT2D eigenvalue weighted by Gasteiger charge is -2.32. The van der Waals surface area contributed by atoms with E-state index in [4.69, 9.17) is 11.5 Å². The van der Waals surface area contributed by atoms with Crippen LogP contribution in [0.15, 0.2) is 12.5 Å². The monoisotopic (exact) mass is 952 g/mol. The second-order valence-corrected chi connectivity index (χ2v) is 17.4. The van der Waals surface area contributed by atoms with E-state index in [0.717, 1.165) is 4.90 Å². The van der Waals surface area contributed by atoms with Gasteiger partial charge < -0.3 is 73.7 Å². The summed E-state index contributed by atoms with van der Waals surface area (Å²) in [4.78, 5) is 139. The van der Waals surface area contributed by atoms with E-state index in [0.29, 0.717) is 18.5 Å². The van der Waals surface area contributed by atoms with Gasteiger partial charge in [0.1, 0.15) is 42.3 Å². The smallest absolute Gasteiger partial charge is 0.326 e. The van der Waals surface area contributed by atoms with E-state index >= 15 is 0 Å². The maximum absolute atomic E-state index is 14.1. The Bertz CT molecular complexity index is 1860. The Labute approximate surface area is 388 Å². The molecule has 25 nitrogen and oxygen atoms in total. The van der Waals surface area contributed by atoms with Crippen molar-refractivity contribution in [3.8, 4) is 0 Å². The van der Waals surface area contributed by atoms with Gasteiger partial charge in [0.05, 0.1) is 24.2 Å². The Morgan fingerprint density at radius 1 is 0.731 bits per heavy atom. The zero-order valence-electron chi connectivity index (χ0n) is 38.6. The van der Waals surface area contributed by atoms with Crippen LogP contribution in [0.3, 0.4) is 0 Å². The van der Waals surface area contributed by atoms with Gasteiger partial charge in [0, 0.05) is 32.0 Å². The summed E-state index contributed by atoms with van der Waals surface area (Å²) in [6.07, 6.45) is 0.0487. The summed E-state index contributed by atoms with van der Waals surface area (Å²) in [5.41, 5.74) is 11.9. The molecule has 0 bridgehead atoms. The minimum Gasteiger partial charge on any atom is -0.481 e. The number of unbranched alkanes of at least 4 members (excludes halogenated alkanes) is 1. The molecule has 1 fully saturated rings. The largest absolute Gasteiger partial charge is 0.481 e. The van der Waals surface area contributed by atoms with Gasteiger partial charge in [-0.25, -0.2) is 9.78 Å². The van der Waals surface area contributed by atoms with Crippen LogP contribution >= 0.6 is 0 Å². The number of nitrogens with zero attached hydrogens (tertiary/aromatic N) is 2. The fraction of sp³-hybridized carbons (Fsp3) is 0.690. The molecule has 1 aliphatic rings. The number of aromatic amines is 1. The molecule has 1 aliphatic heterocycles. The van der Waals surface area contributed by atoms with Crippen molar-refractivity contribution in [1.29, 1.82) is 0 Å². The molecule has 1 aromatic rings. The molecule has 0 radical (unpaired) electrons. The van der Waals surface area contributed by atoms with Crippen LogP contribution < -0.4 is 43.4 Å². The van der Waals surface area contributed by atoms with Crippen LogP contribution in [0.4, 0.5) is 0 Å². The average molecular weight is 952 g/mol. The molecule has 7 amide bonds. The molecule has 0 saturated carbocycles. The van der Waals surface area contributed by atoms with Crippen molar-refractivity contribution in [3.05, 3.63) is 18.2 Å². The molecule has 2 heterocycles. The Morgan fingerprint density at radius 2 is 1.27 bits per heavy atom. The van der Waals surface area contributed by atoms with Gasteiger partial charge in [-0.15, -0.1) is 0 Å². The number of aliphatic hydroxyl groups is 1. The highest BCUT2D eigenvalue weighted by Crippen LogP contribution is 2.21. The molecule has 376 valence electrons. The number of aliphatic hydroxyl groups excluding tert-OH is 1. The lowest BCUT2D eigenvalue weighted by Crippen LogP contribution is -2.62. The average Bonchev–Trinajstić information content (AvgIpc) is 3.97. The standard InChI is InChI=1S/C42H69N11O14/c1-21(2)17-28(50-37(61)29(18-24-19-45-20-46-24)51-40(64)33(44)22(3)4)38(62)52-34(23(5)54)41(65)53-16-8-10-30(53)39(63)48-26(12-14-32(57)58)35(59)47-25(11-13-31(55)56)36(60)49-27(42(66)67)9-6-7-15-43/h19-23,25-30,33-34,54H,6-18,43-44H2,1-5H3,(H,45,46)(H,47,59)(H,48,63)(H,49,60)(H,50,61)(H,51,64)(H,52,62)(H,55,56)(H,57,58)(H,66,67)/t23-,25+,26+,27+,28+,29+,30+,33+,34+/m1/s1. The third-order valence-electron chi connectivity index (χ3n) is 11.0. The predicted molar refractivity (Wildman–Crippen MR) is 237 cm³/mol. The molecule has 15 N–H and O–H groups in total. The Kier molecular flexibility index (Phi) is 23.9. The van der Waals surface area contributed by atoms with E-state index in [1.165, 1.54) is 19.4 Å². The predicted octanol–water partition coefficient (Wildman–Crippen LogP) is -2.79. The third-order valence-corrected chi connectivity index (χ3v) is 11.0. The van der Waals surface area contributed by atoms with Gasteiger partial charge in [-0.3, -0.25) is 43.2 Å². The van der Waals surface area contributed by atoms with Gasteiger partial charge in [0.25, 0.3) is 0 Å². The van der Waals surface area contributed by atoms with Gasteiger partial charge in [-0.2, -0.15) is 0 Å². The number of carbonyl (C=O) groups excluding carboxylic acids is 7. The van der Waals surface area contributed by atoms with Crippen LogP contribution in [0.2, 0.25) is 0 Å². The first-order valence-electron chi connectivity index (χ1n) is 22.4. The number of H-pyrrole nitrogens is 1.